The largest absolute Gasteiger partial charge is 0.390 e. The number of nitrogens with zero attached hydrogens (tertiary/aromatic N) is 3. The fourth-order valence-corrected chi connectivity index (χ4v) is 4.41. The quantitative estimate of drug-likeness (QED) is 0.270. The maximum atomic E-state index is 15.1. The first-order valence-electron chi connectivity index (χ1n) is 10.2. The summed E-state index contributed by atoms with van der Waals surface area (Å²) in [7, 11) is -4.77. The molecule has 0 fully saturated rings. The minimum absolute atomic E-state index is 0.0521. The van der Waals surface area contributed by atoms with Gasteiger partial charge in [0.1, 0.15) is 23.0 Å². The molecule has 0 saturated carbocycles. The van der Waals surface area contributed by atoms with Crippen LogP contribution in [0.1, 0.15) is 28.2 Å². The third kappa shape index (κ3) is 5.32. The molecule has 0 aliphatic carbocycles. The Kier molecular flexibility index (Phi) is 6.47. The number of sulfonamides is 1. The number of aromatic nitrogens is 4. The van der Waals surface area contributed by atoms with Gasteiger partial charge in [0.05, 0.1) is 17.7 Å². The van der Waals surface area contributed by atoms with Crippen LogP contribution in [0, 0.1) is 18.6 Å². The zero-order chi connectivity index (χ0) is 26.3. The van der Waals surface area contributed by atoms with Crippen LogP contribution in [0.5, 0.6) is 0 Å². The maximum Gasteiger partial charge on any atom is 0.390 e. The van der Waals surface area contributed by atoms with Crippen LogP contribution in [-0.4, -0.2) is 46.1 Å². The van der Waals surface area contributed by atoms with Crippen molar-refractivity contribution in [3.8, 4) is 11.1 Å². The number of hydrogen-bond acceptors (Lipinski definition) is 6. The Hall–Kier alpha value is -3.94. The minimum Gasteiger partial charge on any atom is -0.345 e. The fourth-order valence-electron chi connectivity index (χ4n) is 3.31. The van der Waals surface area contributed by atoms with Gasteiger partial charge in [-0.05, 0) is 25.1 Å². The van der Waals surface area contributed by atoms with E-state index in [1.165, 1.54) is 17.1 Å². The van der Waals surface area contributed by atoms with Crippen molar-refractivity contribution in [3.05, 3.63) is 71.6 Å². The lowest BCUT2D eigenvalue weighted by atomic mass is 10.0. The van der Waals surface area contributed by atoms with Crippen molar-refractivity contribution in [2.75, 3.05) is 10.5 Å². The number of alkyl halides is 3. The standard InChI is InChI=1S/C22H16F5N5O3S/c1-11-28-8-13(9-29-11)12-6-15-16(10-31-21(15)30-7-12)20(33)14-2-3-17(23)19(18(14)24)32-36(34,35)5-4-22(25,26)27/h2-3,6-10,32H,4-5H2,1H3,(H,30,31). The van der Waals surface area contributed by atoms with E-state index < -0.39 is 57.0 Å². The average molecular weight is 525 g/mol. The van der Waals surface area contributed by atoms with Gasteiger partial charge in [-0.1, -0.05) is 0 Å². The third-order valence-corrected chi connectivity index (χ3v) is 6.39. The van der Waals surface area contributed by atoms with Gasteiger partial charge in [-0.3, -0.25) is 9.52 Å². The van der Waals surface area contributed by atoms with Gasteiger partial charge < -0.3 is 4.98 Å². The lowest BCUT2D eigenvalue weighted by Gasteiger charge is -2.13. The Balaban J connectivity index is 1.70. The number of H-pyrrole nitrogens is 1. The molecule has 0 unspecified atom stereocenters. The smallest absolute Gasteiger partial charge is 0.345 e. The van der Waals surface area contributed by atoms with E-state index in [0.29, 0.717) is 23.0 Å². The van der Waals surface area contributed by atoms with Gasteiger partial charge in [0.25, 0.3) is 0 Å². The number of aryl methyl sites for hydroxylation is 1. The van der Waals surface area contributed by atoms with Crippen molar-refractivity contribution in [2.24, 2.45) is 0 Å². The van der Waals surface area contributed by atoms with Crippen molar-refractivity contribution < 1.29 is 35.2 Å². The number of aromatic amines is 1. The van der Waals surface area contributed by atoms with Crippen molar-refractivity contribution in [3.63, 3.8) is 0 Å². The average Bonchev–Trinajstić information content (AvgIpc) is 3.24. The zero-order valence-electron chi connectivity index (χ0n) is 18.3. The van der Waals surface area contributed by atoms with E-state index in [-0.39, 0.29) is 16.6 Å². The van der Waals surface area contributed by atoms with Gasteiger partial charge >= 0.3 is 6.18 Å². The van der Waals surface area contributed by atoms with E-state index in [1.807, 2.05) is 0 Å². The van der Waals surface area contributed by atoms with Crippen LogP contribution in [-0.2, 0) is 10.0 Å². The molecule has 0 aliphatic rings. The number of benzene rings is 1. The minimum atomic E-state index is -4.80. The summed E-state index contributed by atoms with van der Waals surface area (Å²) in [6.07, 6.45) is -0.650. The molecule has 188 valence electrons. The second-order valence-corrected chi connectivity index (χ2v) is 9.58. The Labute approximate surface area is 200 Å². The maximum absolute atomic E-state index is 15.1. The number of rotatable bonds is 7. The number of anilines is 1. The predicted molar refractivity (Wildman–Crippen MR) is 120 cm³/mol. The summed E-state index contributed by atoms with van der Waals surface area (Å²) < 4.78 is 92.0. The van der Waals surface area contributed by atoms with Gasteiger partial charge in [-0.2, -0.15) is 13.2 Å². The Morgan fingerprint density at radius 3 is 2.36 bits per heavy atom. The summed E-state index contributed by atoms with van der Waals surface area (Å²) in [5, 5.41) is 0.286. The first-order chi connectivity index (χ1) is 16.8. The third-order valence-electron chi connectivity index (χ3n) is 5.14. The molecule has 0 radical (unpaired) electrons. The van der Waals surface area contributed by atoms with Crippen LogP contribution in [0.15, 0.2) is 43.0 Å². The van der Waals surface area contributed by atoms with Crippen molar-refractivity contribution in [2.45, 2.75) is 19.5 Å². The normalized spacial score (nSPS) is 12.2. The van der Waals surface area contributed by atoms with Crippen LogP contribution < -0.4 is 4.72 Å². The zero-order valence-corrected chi connectivity index (χ0v) is 19.1. The summed E-state index contributed by atoms with van der Waals surface area (Å²) in [5.74, 6) is -4.81. The van der Waals surface area contributed by atoms with Crippen LogP contribution in [0.2, 0.25) is 0 Å². The lowest BCUT2D eigenvalue weighted by Crippen LogP contribution is -2.23. The Morgan fingerprint density at radius 2 is 1.69 bits per heavy atom. The van der Waals surface area contributed by atoms with E-state index in [1.54, 1.807) is 25.4 Å². The molecule has 14 heteroatoms. The number of pyridine rings is 1. The van der Waals surface area contributed by atoms with Crippen LogP contribution in [0.4, 0.5) is 27.6 Å². The van der Waals surface area contributed by atoms with Crippen LogP contribution >= 0.6 is 0 Å². The highest BCUT2D eigenvalue weighted by molar-refractivity contribution is 7.92. The summed E-state index contributed by atoms with van der Waals surface area (Å²) in [6.45, 7) is 1.70. The number of nitrogens with one attached hydrogen (secondary N) is 2. The fraction of sp³-hybridized carbons (Fsp3) is 0.182. The van der Waals surface area contributed by atoms with E-state index >= 15 is 4.39 Å². The van der Waals surface area contributed by atoms with Gasteiger partial charge in [-0.15, -0.1) is 0 Å². The van der Waals surface area contributed by atoms with E-state index in [9.17, 15) is 30.8 Å². The molecule has 0 atom stereocenters. The van der Waals surface area contributed by atoms with Gasteiger partial charge in [0, 0.05) is 46.9 Å². The molecule has 0 saturated heterocycles. The van der Waals surface area contributed by atoms with Crippen LogP contribution in [0.3, 0.4) is 0 Å². The van der Waals surface area contributed by atoms with Crippen LogP contribution in [0.25, 0.3) is 22.2 Å². The number of halogens is 5. The van der Waals surface area contributed by atoms with Gasteiger partial charge in [-0.25, -0.2) is 32.2 Å². The molecule has 1 aromatic carbocycles. The number of carbonyl (C=O) groups excluding carboxylic acids is 1. The molecule has 0 spiro atoms. The highest BCUT2D eigenvalue weighted by atomic mass is 32.2. The second kappa shape index (κ2) is 9.26. The molecular formula is C22H16F5N5O3S. The lowest BCUT2D eigenvalue weighted by molar-refractivity contribution is -0.129. The monoisotopic (exact) mass is 525 g/mol. The highest BCUT2D eigenvalue weighted by Gasteiger charge is 2.31. The topological polar surface area (TPSA) is 118 Å². The highest BCUT2D eigenvalue weighted by Crippen LogP contribution is 2.30. The summed E-state index contributed by atoms with van der Waals surface area (Å²) in [4.78, 5) is 28.3. The number of hydrogen-bond donors (Lipinski definition) is 2. The van der Waals surface area contributed by atoms with E-state index in [0.717, 1.165) is 6.07 Å². The molecule has 4 aromatic rings. The molecule has 0 aliphatic heterocycles. The Morgan fingerprint density at radius 1 is 1.03 bits per heavy atom. The Bertz CT molecular complexity index is 1570. The van der Waals surface area contributed by atoms with Crippen molar-refractivity contribution >= 4 is 32.5 Å². The molecule has 8 nitrogen and oxygen atoms in total. The number of carbonyl (C=O) groups is 1. The molecule has 4 rings (SSSR count). The molecular weight excluding hydrogens is 509 g/mol. The van der Waals surface area contributed by atoms with Crippen molar-refractivity contribution in [1.29, 1.82) is 0 Å². The first-order valence-corrected chi connectivity index (χ1v) is 11.9. The molecule has 3 aromatic heterocycles. The summed E-state index contributed by atoms with van der Waals surface area (Å²) in [5.41, 5.74) is -0.574. The van der Waals surface area contributed by atoms with E-state index in [4.69, 9.17) is 0 Å². The molecule has 0 bridgehead atoms. The molecule has 3 heterocycles. The molecule has 0 amide bonds. The summed E-state index contributed by atoms with van der Waals surface area (Å²) >= 11 is 0. The van der Waals surface area contributed by atoms with Gasteiger partial charge in [0.2, 0.25) is 10.0 Å². The first kappa shape index (κ1) is 25.2. The molecule has 2 N–H and O–H groups in total. The number of ketones is 1. The van der Waals surface area contributed by atoms with Crippen molar-refractivity contribution in [1.82, 2.24) is 19.9 Å². The number of fused-ring (bicyclic) bond motifs is 1. The van der Waals surface area contributed by atoms with E-state index in [2.05, 4.69) is 19.9 Å². The summed E-state index contributed by atoms with van der Waals surface area (Å²) in [6, 6.07) is 3.03. The second-order valence-electron chi connectivity index (χ2n) is 7.74. The SMILES string of the molecule is Cc1ncc(-c2cnc3[nH]cc(C(=O)c4ccc(F)c(NS(=O)(=O)CCC(F)(F)F)c4F)c3c2)cn1. The predicted octanol–water partition coefficient (Wildman–Crippen LogP) is 4.53. The van der Waals surface area contributed by atoms with Gasteiger partial charge in [0.15, 0.2) is 11.6 Å². The molecule has 36 heavy (non-hydrogen) atoms.